The number of hydrogen-bond acceptors (Lipinski definition) is 4. The lowest BCUT2D eigenvalue weighted by Gasteiger charge is -2.37. The van der Waals surface area contributed by atoms with Crippen molar-refractivity contribution < 1.29 is 5.11 Å². The highest BCUT2D eigenvalue weighted by atomic mass is 32.1. The van der Waals surface area contributed by atoms with Gasteiger partial charge in [0, 0.05) is 36.6 Å². The summed E-state index contributed by atoms with van der Waals surface area (Å²) in [6.07, 6.45) is 0. The Kier molecular flexibility index (Phi) is 5.72. The van der Waals surface area contributed by atoms with Crippen molar-refractivity contribution in [2.45, 2.75) is 58.4 Å². The average molecular weight is 387 g/mol. The zero-order valence-corrected chi connectivity index (χ0v) is 18.4. The molecule has 1 aromatic heterocycles. The molecule has 2 N–H and O–H groups in total. The zero-order chi connectivity index (χ0) is 19.8. The molecule has 0 bridgehead atoms. The van der Waals surface area contributed by atoms with E-state index in [9.17, 15) is 5.11 Å². The predicted molar refractivity (Wildman–Crippen MR) is 116 cm³/mol. The van der Waals surface area contributed by atoms with Crippen LogP contribution >= 0.6 is 11.3 Å². The Labute approximate surface area is 168 Å². The fourth-order valence-corrected chi connectivity index (χ4v) is 4.66. The summed E-state index contributed by atoms with van der Waals surface area (Å²) < 4.78 is 0. The second kappa shape index (κ2) is 7.57. The molecule has 1 aliphatic rings. The summed E-state index contributed by atoms with van der Waals surface area (Å²) in [5.74, 6) is 0.465. The SMILES string of the molecule is CC(C)(C)c1cc([C@@H](c2cccs2)N2CCNCC2)c(O)c(C(C)(C)C)c1. The van der Waals surface area contributed by atoms with Gasteiger partial charge in [-0.05, 0) is 39.5 Å². The third-order valence-corrected chi connectivity index (χ3v) is 6.36. The summed E-state index contributed by atoms with van der Waals surface area (Å²) >= 11 is 1.78. The number of piperazine rings is 1. The lowest BCUT2D eigenvalue weighted by Crippen LogP contribution is -2.45. The van der Waals surface area contributed by atoms with E-state index in [1.54, 1.807) is 11.3 Å². The molecule has 1 saturated heterocycles. The summed E-state index contributed by atoms with van der Waals surface area (Å²) in [6.45, 7) is 17.3. The number of hydrogen-bond donors (Lipinski definition) is 2. The van der Waals surface area contributed by atoms with Gasteiger partial charge >= 0.3 is 0 Å². The molecule has 3 rings (SSSR count). The highest BCUT2D eigenvalue weighted by Crippen LogP contribution is 2.44. The third kappa shape index (κ3) is 4.39. The van der Waals surface area contributed by atoms with Gasteiger partial charge in [0.1, 0.15) is 5.75 Å². The topological polar surface area (TPSA) is 35.5 Å². The van der Waals surface area contributed by atoms with Gasteiger partial charge in [-0.15, -0.1) is 11.3 Å². The van der Waals surface area contributed by atoms with Gasteiger partial charge in [0.05, 0.1) is 6.04 Å². The van der Waals surface area contributed by atoms with Gasteiger partial charge in [-0.1, -0.05) is 53.7 Å². The smallest absolute Gasteiger partial charge is 0.124 e. The summed E-state index contributed by atoms with van der Waals surface area (Å²) in [6, 6.07) is 8.89. The maximum Gasteiger partial charge on any atom is 0.124 e. The van der Waals surface area contributed by atoms with E-state index >= 15 is 0 Å². The predicted octanol–water partition coefficient (Wildman–Crippen LogP) is 5.04. The van der Waals surface area contributed by atoms with E-state index in [0.29, 0.717) is 5.75 Å². The number of rotatable bonds is 3. The molecule has 0 amide bonds. The normalized spacial score (nSPS) is 17.9. The Morgan fingerprint density at radius 2 is 1.70 bits per heavy atom. The Balaban J connectivity index is 2.21. The van der Waals surface area contributed by atoms with Gasteiger partial charge in [-0.3, -0.25) is 4.90 Å². The van der Waals surface area contributed by atoms with Gasteiger partial charge in [-0.25, -0.2) is 0 Å². The summed E-state index contributed by atoms with van der Waals surface area (Å²) in [5, 5.41) is 17.0. The third-order valence-electron chi connectivity index (χ3n) is 5.44. The molecule has 0 spiro atoms. The van der Waals surface area contributed by atoms with Crippen molar-refractivity contribution in [1.82, 2.24) is 10.2 Å². The zero-order valence-electron chi connectivity index (χ0n) is 17.6. The molecular weight excluding hydrogens is 352 g/mol. The molecule has 1 fully saturated rings. The van der Waals surface area contributed by atoms with Crippen LogP contribution in [0.2, 0.25) is 0 Å². The molecule has 1 aromatic carbocycles. The van der Waals surface area contributed by atoms with Crippen molar-refractivity contribution >= 4 is 11.3 Å². The van der Waals surface area contributed by atoms with Crippen molar-refractivity contribution in [2.24, 2.45) is 0 Å². The molecule has 1 atom stereocenters. The van der Waals surface area contributed by atoms with E-state index in [4.69, 9.17) is 0 Å². The quantitative estimate of drug-likeness (QED) is 0.775. The molecule has 0 radical (unpaired) electrons. The fourth-order valence-electron chi connectivity index (χ4n) is 3.79. The van der Waals surface area contributed by atoms with Crippen molar-refractivity contribution in [1.29, 1.82) is 0 Å². The lowest BCUT2D eigenvalue weighted by molar-refractivity contribution is 0.197. The molecule has 27 heavy (non-hydrogen) atoms. The monoisotopic (exact) mass is 386 g/mol. The second-order valence-electron chi connectivity index (χ2n) is 9.67. The maximum atomic E-state index is 11.4. The minimum Gasteiger partial charge on any atom is -0.507 e. The summed E-state index contributed by atoms with van der Waals surface area (Å²) in [5.41, 5.74) is 3.31. The Bertz CT molecular complexity index is 763. The van der Waals surface area contributed by atoms with Gasteiger partial charge in [-0.2, -0.15) is 0 Å². The largest absolute Gasteiger partial charge is 0.507 e. The van der Waals surface area contributed by atoms with E-state index in [0.717, 1.165) is 37.3 Å². The van der Waals surface area contributed by atoms with Crippen LogP contribution in [-0.2, 0) is 10.8 Å². The van der Waals surface area contributed by atoms with Crippen molar-refractivity contribution in [3.05, 3.63) is 51.2 Å². The number of nitrogens with one attached hydrogen (secondary N) is 1. The molecule has 2 aromatic rings. The first kappa shape index (κ1) is 20.4. The Hall–Kier alpha value is -1.36. The minimum atomic E-state index is -0.108. The van der Waals surface area contributed by atoms with Crippen LogP contribution in [0.1, 0.15) is 69.2 Å². The van der Waals surface area contributed by atoms with Crippen LogP contribution in [0.5, 0.6) is 5.75 Å². The van der Waals surface area contributed by atoms with Crippen LogP contribution in [-0.4, -0.2) is 36.2 Å². The highest BCUT2D eigenvalue weighted by Gasteiger charge is 2.32. The minimum absolute atomic E-state index is 0.0336. The van der Waals surface area contributed by atoms with E-state index < -0.39 is 0 Å². The highest BCUT2D eigenvalue weighted by molar-refractivity contribution is 7.10. The molecule has 0 aliphatic carbocycles. The Morgan fingerprint density at radius 3 is 2.22 bits per heavy atom. The van der Waals surface area contributed by atoms with E-state index in [-0.39, 0.29) is 16.9 Å². The summed E-state index contributed by atoms with van der Waals surface area (Å²) in [7, 11) is 0. The van der Waals surface area contributed by atoms with Crippen molar-refractivity contribution in [3.8, 4) is 5.75 Å². The molecule has 0 saturated carbocycles. The fraction of sp³-hybridized carbons (Fsp3) is 0.565. The first-order chi connectivity index (χ1) is 12.6. The number of nitrogens with zero attached hydrogens (tertiary/aromatic N) is 1. The molecule has 0 unspecified atom stereocenters. The van der Waals surface area contributed by atoms with Crippen LogP contribution in [0.3, 0.4) is 0 Å². The van der Waals surface area contributed by atoms with Crippen molar-refractivity contribution in [2.75, 3.05) is 26.2 Å². The number of phenols is 1. The van der Waals surface area contributed by atoms with Gasteiger partial charge in [0.25, 0.3) is 0 Å². The van der Waals surface area contributed by atoms with Crippen molar-refractivity contribution in [3.63, 3.8) is 0 Å². The van der Waals surface area contributed by atoms with Gasteiger partial charge in [0.2, 0.25) is 0 Å². The second-order valence-corrected chi connectivity index (χ2v) is 10.6. The Morgan fingerprint density at radius 1 is 1.04 bits per heavy atom. The standard InChI is InChI=1S/C23H34N2OS/c1-22(2,3)16-14-17(21(26)18(15-16)23(4,5)6)20(19-8-7-13-27-19)25-11-9-24-10-12-25/h7-8,13-15,20,24,26H,9-12H2,1-6H3/t20-/m0/s1. The molecule has 148 valence electrons. The van der Waals surface area contributed by atoms with Crippen LogP contribution in [0, 0.1) is 0 Å². The molecule has 3 nitrogen and oxygen atoms in total. The van der Waals surface area contributed by atoms with Crippen LogP contribution < -0.4 is 5.32 Å². The van der Waals surface area contributed by atoms with Crippen LogP contribution in [0.4, 0.5) is 0 Å². The first-order valence-electron chi connectivity index (χ1n) is 9.95. The molecule has 4 heteroatoms. The van der Waals surface area contributed by atoms with Crippen LogP contribution in [0.15, 0.2) is 29.6 Å². The van der Waals surface area contributed by atoms with Gasteiger partial charge < -0.3 is 10.4 Å². The number of benzene rings is 1. The number of phenolic OH excluding ortho intramolecular Hbond substituents is 1. The number of thiophene rings is 1. The lowest BCUT2D eigenvalue weighted by atomic mass is 9.78. The maximum absolute atomic E-state index is 11.4. The molecule has 2 heterocycles. The number of aromatic hydroxyl groups is 1. The summed E-state index contributed by atoms with van der Waals surface area (Å²) in [4.78, 5) is 3.81. The van der Waals surface area contributed by atoms with E-state index in [2.05, 4.69) is 81.4 Å². The molecule has 1 aliphatic heterocycles. The van der Waals surface area contributed by atoms with E-state index in [1.165, 1.54) is 10.4 Å². The average Bonchev–Trinajstić information content (AvgIpc) is 3.09. The van der Waals surface area contributed by atoms with Crippen LogP contribution in [0.25, 0.3) is 0 Å². The molecular formula is C23H34N2OS. The first-order valence-corrected chi connectivity index (χ1v) is 10.8. The van der Waals surface area contributed by atoms with E-state index in [1.807, 2.05) is 0 Å². The van der Waals surface area contributed by atoms with Gasteiger partial charge in [0.15, 0.2) is 0 Å².